The Morgan fingerprint density at radius 1 is 1.26 bits per heavy atom. The van der Waals surface area contributed by atoms with Crippen LogP contribution in [-0.2, 0) is 20.8 Å². The fraction of sp³-hybridized carbons (Fsp3) is 0.533. The molecule has 1 N–H and O–H groups in total. The van der Waals surface area contributed by atoms with Crippen LogP contribution in [0.4, 0.5) is 13.2 Å². The second kappa shape index (κ2) is 5.51. The van der Waals surface area contributed by atoms with Gasteiger partial charge in [-0.15, -0.1) is 0 Å². The summed E-state index contributed by atoms with van der Waals surface area (Å²) in [5, 5.41) is 2.70. The van der Waals surface area contributed by atoms with Crippen LogP contribution in [0.2, 0.25) is 0 Å². The minimum atomic E-state index is -4.40. The summed E-state index contributed by atoms with van der Waals surface area (Å²) in [5.41, 5.74) is -0.220. The molecule has 4 nitrogen and oxygen atoms in total. The van der Waals surface area contributed by atoms with Crippen LogP contribution in [0.25, 0.3) is 0 Å². The Balaban J connectivity index is 1.62. The molecular weight excluding hydrogens is 331 g/mol. The van der Waals surface area contributed by atoms with E-state index in [4.69, 9.17) is 0 Å². The van der Waals surface area contributed by atoms with E-state index < -0.39 is 21.6 Å². The van der Waals surface area contributed by atoms with Gasteiger partial charge in [-0.3, -0.25) is 4.79 Å². The standard InChI is InChI=1S/C15H16F3NO3S/c16-15(17,18)10-3-1-2-9(6-10)12-7-13(12)14(20)19-11-4-5-23(21,22)8-11/h1-3,6,11-13H,4-5,7-8H2,(H,19,20)/t11-,12+,13-/m1/s1. The smallest absolute Gasteiger partial charge is 0.352 e. The van der Waals surface area contributed by atoms with Crippen LogP contribution in [0.3, 0.4) is 0 Å². The van der Waals surface area contributed by atoms with Gasteiger partial charge in [0.25, 0.3) is 0 Å². The van der Waals surface area contributed by atoms with Crippen molar-refractivity contribution in [2.75, 3.05) is 11.5 Å². The van der Waals surface area contributed by atoms with Crippen LogP contribution in [0.15, 0.2) is 24.3 Å². The van der Waals surface area contributed by atoms with Crippen molar-refractivity contribution in [1.82, 2.24) is 5.32 Å². The fourth-order valence-corrected chi connectivity index (χ4v) is 4.69. The SMILES string of the molecule is O=C(N[C@@H]1CCS(=O)(=O)C1)[C@@H]1C[C@H]1c1cccc(C(F)(F)F)c1. The van der Waals surface area contributed by atoms with Gasteiger partial charge in [-0.25, -0.2) is 8.42 Å². The molecule has 1 aliphatic carbocycles. The van der Waals surface area contributed by atoms with Gasteiger partial charge in [-0.1, -0.05) is 18.2 Å². The van der Waals surface area contributed by atoms with Crippen LogP contribution < -0.4 is 5.32 Å². The van der Waals surface area contributed by atoms with Crippen LogP contribution in [0.5, 0.6) is 0 Å². The number of sulfone groups is 1. The number of hydrogen-bond acceptors (Lipinski definition) is 3. The maximum absolute atomic E-state index is 12.7. The first-order valence-electron chi connectivity index (χ1n) is 7.34. The summed E-state index contributed by atoms with van der Waals surface area (Å²) in [7, 11) is -3.07. The number of benzene rings is 1. The molecule has 2 aliphatic rings. The molecule has 3 rings (SSSR count). The molecule has 2 fully saturated rings. The molecule has 126 valence electrons. The molecule has 0 aromatic heterocycles. The normalized spacial score (nSPS) is 29.3. The van der Waals surface area contributed by atoms with E-state index in [1.165, 1.54) is 6.07 Å². The summed E-state index contributed by atoms with van der Waals surface area (Å²) >= 11 is 0. The van der Waals surface area contributed by atoms with Gasteiger partial charge in [0.1, 0.15) is 0 Å². The number of hydrogen-bond donors (Lipinski definition) is 1. The zero-order chi connectivity index (χ0) is 16.8. The Morgan fingerprint density at radius 3 is 2.61 bits per heavy atom. The number of carbonyl (C=O) groups excluding carboxylic acids is 1. The lowest BCUT2D eigenvalue weighted by Crippen LogP contribution is -2.36. The highest BCUT2D eigenvalue weighted by molar-refractivity contribution is 7.91. The second-order valence-electron chi connectivity index (χ2n) is 6.18. The topological polar surface area (TPSA) is 63.2 Å². The van der Waals surface area contributed by atoms with Gasteiger partial charge >= 0.3 is 6.18 Å². The zero-order valence-corrected chi connectivity index (χ0v) is 13.0. The van der Waals surface area contributed by atoms with Crippen molar-refractivity contribution >= 4 is 15.7 Å². The lowest BCUT2D eigenvalue weighted by atomic mass is 10.1. The number of rotatable bonds is 3. The van der Waals surface area contributed by atoms with Gasteiger partial charge in [0.2, 0.25) is 5.91 Å². The average Bonchev–Trinajstić information content (AvgIpc) is 3.18. The lowest BCUT2D eigenvalue weighted by molar-refractivity contribution is -0.137. The Morgan fingerprint density at radius 2 is 2.00 bits per heavy atom. The first-order valence-corrected chi connectivity index (χ1v) is 9.16. The van der Waals surface area contributed by atoms with E-state index in [1.807, 2.05) is 0 Å². The molecule has 1 heterocycles. The molecule has 3 atom stereocenters. The molecule has 1 aromatic rings. The zero-order valence-electron chi connectivity index (χ0n) is 12.1. The number of nitrogens with one attached hydrogen (secondary N) is 1. The van der Waals surface area contributed by atoms with Crippen molar-refractivity contribution in [3.63, 3.8) is 0 Å². The molecule has 0 unspecified atom stereocenters. The highest BCUT2D eigenvalue weighted by Crippen LogP contribution is 2.48. The summed E-state index contributed by atoms with van der Waals surface area (Å²) in [6.45, 7) is 0. The second-order valence-corrected chi connectivity index (χ2v) is 8.41. The van der Waals surface area contributed by atoms with Crippen molar-refractivity contribution in [2.24, 2.45) is 5.92 Å². The van der Waals surface area contributed by atoms with E-state index in [0.717, 1.165) is 12.1 Å². The Kier molecular flexibility index (Phi) is 3.90. The van der Waals surface area contributed by atoms with E-state index in [1.54, 1.807) is 6.07 Å². The number of carbonyl (C=O) groups is 1. The third-order valence-corrected chi connectivity index (χ3v) is 6.12. The summed E-state index contributed by atoms with van der Waals surface area (Å²) in [5.74, 6) is -0.856. The van der Waals surface area contributed by atoms with E-state index in [-0.39, 0.29) is 35.3 Å². The Hall–Kier alpha value is -1.57. The van der Waals surface area contributed by atoms with Crippen LogP contribution >= 0.6 is 0 Å². The molecule has 8 heteroatoms. The summed E-state index contributed by atoms with van der Waals surface area (Å²) in [4.78, 5) is 12.1. The molecule has 0 spiro atoms. The van der Waals surface area contributed by atoms with E-state index in [0.29, 0.717) is 18.4 Å². The molecule has 0 radical (unpaired) electrons. The van der Waals surface area contributed by atoms with Crippen molar-refractivity contribution in [3.8, 4) is 0 Å². The summed E-state index contributed by atoms with van der Waals surface area (Å²) in [6, 6.07) is 4.64. The Labute approximate surface area is 132 Å². The quantitative estimate of drug-likeness (QED) is 0.911. The van der Waals surface area contributed by atoms with Gasteiger partial charge < -0.3 is 5.32 Å². The predicted molar refractivity (Wildman–Crippen MR) is 77.5 cm³/mol. The predicted octanol–water partition coefficient (Wildman–Crippen LogP) is 2.11. The summed E-state index contributed by atoms with van der Waals surface area (Å²) < 4.78 is 60.9. The maximum Gasteiger partial charge on any atom is 0.416 e. The van der Waals surface area contributed by atoms with Crippen molar-refractivity contribution < 1.29 is 26.4 Å². The molecule has 23 heavy (non-hydrogen) atoms. The maximum atomic E-state index is 12.7. The van der Waals surface area contributed by atoms with E-state index >= 15 is 0 Å². The first-order chi connectivity index (χ1) is 10.7. The lowest BCUT2D eigenvalue weighted by Gasteiger charge is -2.11. The molecular formula is C15H16F3NO3S. The number of amides is 1. The van der Waals surface area contributed by atoms with Crippen LogP contribution in [0.1, 0.15) is 29.9 Å². The third-order valence-electron chi connectivity index (χ3n) is 4.35. The monoisotopic (exact) mass is 347 g/mol. The third kappa shape index (κ3) is 3.68. The summed E-state index contributed by atoms with van der Waals surface area (Å²) in [6.07, 6.45) is -3.51. The minimum absolute atomic E-state index is 0.0559. The highest BCUT2D eigenvalue weighted by Gasteiger charge is 2.45. The fourth-order valence-electron chi connectivity index (χ4n) is 3.02. The van der Waals surface area contributed by atoms with E-state index in [2.05, 4.69) is 5.32 Å². The molecule has 1 aliphatic heterocycles. The van der Waals surface area contributed by atoms with E-state index in [9.17, 15) is 26.4 Å². The van der Waals surface area contributed by atoms with Crippen LogP contribution in [0, 0.1) is 5.92 Å². The highest BCUT2D eigenvalue weighted by atomic mass is 32.2. The molecule has 1 saturated carbocycles. The molecule has 1 saturated heterocycles. The van der Waals surface area contributed by atoms with Gasteiger partial charge in [0.05, 0.1) is 17.1 Å². The average molecular weight is 347 g/mol. The molecule has 0 bridgehead atoms. The number of halogens is 3. The van der Waals surface area contributed by atoms with Crippen LogP contribution in [-0.4, -0.2) is 31.9 Å². The van der Waals surface area contributed by atoms with Crippen molar-refractivity contribution in [1.29, 1.82) is 0 Å². The molecule has 1 amide bonds. The largest absolute Gasteiger partial charge is 0.416 e. The van der Waals surface area contributed by atoms with Gasteiger partial charge in [-0.05, 0) is 30.4 Å². The van der Waals surface area contributed by atoms with Gasteiger partial charge in [0.15, 0.2) is 9.84 Å². The minimum Gasteiger partial charge on any atom is -0.352 e. The number of alkyl halides is 3. The first kappa shape index (κ1) is 16.3. The Bertz CT molecular complexity index is 730. The molecule has 1 aromatic carbocycles. The van der Waals surface area contributed by atoms with Crippen molar-refractivity contribution in [2.45, 2.75) is 31.0 Å². The van der Waals surface area contributed by atoms with Gasteiger partial charge in [0, 0.05) is 12.0 Å². The van der Waals surface area contributed by atoms with Crippen molar-refractivity contribution in [3.05, 3.63) is 35.4 Å². The van der Waals surface area contributed by atoms with Gasteiger partial charge in [-0.2, -0.15) is 13.2 Å².